The van der Waals surface area contributed by atoms with Crippen LogP contribution in [0.5, 0.6) is 0 Å². The summed E-state index contributed by atoms with van der Waals surface area (Å²) in [5.41, 5.74) is 0. The summed E-state index contributed by atoms with van der Waals surface area (Å²) < 4.78 is 1.84. The van der Waals surface area contributed by atoms with Crippen molar-refractivity contribution in [3.05, 3.63) is 11.6 Å². The number of carboxylic acids is 1. The van der Waals surface area contributed by atoms with Gasteiger partial charge in [-0.15, -0.1) is 0 Å². The van der Waals surface area contributed by atoms with Crippen LogP contribution in [0.1, 0.15) is 11.6 Å². The number of nitrogens with zero attached hydrogens (tertiary/aromatic N) is 4. The molecule has 0 spiro atoms. The lowest BCUT2D eigenvalue weighted by atomic mass is 10.3. The van der Waals surface area contributed by atoms with E-state index in [0.717, 1.165) is 24.7 Å². The van der Waals surface area contributed by atoms with Gasteiger partial charge in [0, 0.05) is 6.54 Å². The molecule has 0 aromatic carbocycles. The molecule has 0 unspecified atom stereocenters. The molecule has 1 aliphatic rings. The van der Waals surface area contributed by atoms with Crippen molar-refractivity contribution >= 4 is 5.97 Å². The van der Waals surface area contributed by atoms with Gasteiger partial charge in [-0.3, -0.25) is 9.69 Å². The number of hydrogen-bond acceptors (Lipinski definition) is 4. The normalized spacial score (nSPS) is 16.6. The highest BCUT2D eigenvalue weighted by atomic mass is 16.4. The molecular formula is C8H12N4O2. The molecule has 1 aliphatic heterocycles. The Labute approximate surface area is 81.2 Å². The molecule has 0 bridgehead atoms. The van der Waals surface area contributed by atoms with Crippen molar-refractivity contribution in [1.29, 1.82) is 0 Å². The smallest absolute Gasteiger partial charge is 0.317 e. The van der Waals surface area contributed by atoms with E-state index in [0.29, 0.717) is 6.54 Å². The summed E-state index contributed by atoms with van der Waals surface area (Å²) in [4.78, 5) is 16.6. The lowest BCUT2D eigenvalue weighted by molar-refractivity contribution is -0.138. The molecule has 1 aromatic heterocycles. The molecule has 2 heterocycles. The third-order valence-electron chi connectivity index (χ3n) is 2.21. The van der Waals surface area contributed by atoms with E-state index in [2.05, 4.69) is 10.1 Å². The van der Waals surface area contributed by atoms with Gasteiger partial charge in [-0.25, -0.2) is 9.67 Å². The number of aryl methyl sites for hydroxylation is 1. The van der Waals surface area contributed by atoms with E-state index in [9.17, 15) is 4.79 Å². The van der Waals surface area contributed by atoms with Crippen LogP contribution >= 0.6 is 0 Å². The molecule has 0 saturated carbocycles. The van der Waals surface area contributed by atoms with Crippen LogP contribution in [0.15, 0.2) is 0 Å². The molecule has 0 amide bonds. The van der Waals surface area contributed by atoms with Gasteiger partial charge in [0.1, 0.15) is 11.6 Å². The lowest BCUT2D eigenvalue weighted by Gasteiger charge is -2.24. The van der Waals surface area contributed by atoms with Gasteiger partial charge in [-0.05, 0) is 6.92 Å². The fraction of sp³-hybridized carbons (Fsp3) is 0.625. The van der Waals surface area contributed by atoms with Crippen LogP contribution in [-0.2, 0) is 17.9 Å². The van der Waals surface area contributed by atoms with E-state index >= 15 is 0 Å². The van der Waals surface area contributed by atoms with Gasteiger partial charge in [0.2, 0.25) is 0 Å². The van der Waals surface area contributed by atoms with Crippen molar-refractivity contribution in [3.63, 3.8) is 0 Å². The van der Waals surface area contributed by atoms with Crippen molar-refractivity contribution in [2.24, 2.45) is 0 Å². The largest absolute Gasteiger partial charge is 0.480 e. The predicted molar refractivity (Wildman–Crippen MR) is 47.7 cm³/mol. The van der Waals surface area contributed by atoms with Crippen molar-refractivity contribution < 1.29 is 9.90 Å². The third-order valence-corrected chi connectivity index (χ3v) is 2.21. The van der Waals surface area contributed by atoms with E-state index in [4.69, 9.17) is 5.11 Å². The molecule has 0 fully saturated rings. The SMILES string of the molecule is Cc1nc2n(n1)CCN(CC(=O)O)C2. The summed E-state index contributed by atoms with van der Waals surface area (Å²) in [6.07, 6.45) is 0. The molecule has 0 saturated heterocycles. The van der Waals surface area contributed by atoms with Crippen LogP contribution in [0.25, 0.3) is 0 Å². The summed E-state index contributed by atoms with van der Waals surface area (Å²) in [5, 5.41) is 12.8. The maximum absolute atomic E-state index is 10.5. The number of carbonyl (C=O) groups is 1. The first-order chi connectivity index (χ1) is 6.65. The fourth-order valence-corrected chi connectivity index (χ4v) is 1.64. The van der Waals surface area contributed by atoms with Gasteiger partial charge in [-0.1, -0.05) is 0 Å². The molecule has 6 nitrogen and oxygen atoms in total. The summed E-state index contributed by atoms with van der Waals surface area (Å²) in [6, 6.07) is 0. The van der Waals surface area contributed by atoms with Gasteiger partial charge >= 0.3 is 5.97 Å². The standard InChI is InChI=1S/C8H12N4O2/c1-6-9-7-4-11(5-8(13)14)2-3-12(7)10-6/h2-5H2,1H3,(H,13,14). The molecule has 1 N–H and O–H groups in total. The average Bonchev–Trinajstić information content (AvgIpc) is 2.42. The molecule has 0 radical (unpaired) electrons. The zero-order valence-electron chi connectivity index (χ0n) is 7.97. The minimum absolute atomic E-state index is 0.0753. The zero-order valence-corrected chi connectivity index (χ0v) is 7.97. The Balaban J connectivity index is 2.09. The quantitative estimate of drug-likeness (QED) is 0.689. The van der Waals surface area contributed by atoms with Gasteiger partial charge < -0.3 is 5.11 Å². The van der Waals surface area contributed by atoms with Crippen LogP contribution in [0, 0.1) is 6.92 Å². The van der Waals surface area contributed by atoms with Gasteiger partial charge in [-0.2, -0.15) is 5.10 Å². The van der Waals surface area contributed by atoms with Crippen molar-refractivity contribution in [1.82, 2.24) is 19.7 Å². The molecular weight excluding hydrogens is 184 g/mol. The van der Waals surface area contributed by atoms with E-state index in [-0.39, 0.29) is 6.54 Å². The Morgan fingerprint density at radius 3 is 3.07 bits per heavy atom. The second-order valence-electron chi connectivity index (χ2n) is 3.40. The minimum Gasteiger partial charge on any atom is -0.480 e. The van der Waals surface area contributed by atoms with Crippen LogP contribution in [-0.4, -0.2) is 43.8 Å². The van der Waals surface area contributed by atoms with Crippen LogP contribution in [0.3, 0.4) is 0 Å². The number of aromatic nitrogens is 3. The lowest BCUT2D eigenvalue weighted by Crippen LogP contribution is -2.37. The molecule has 0 atom stereocenters. The Morgan fingerprint density at radius 2 is 2.36 bits per heavy atom. The highest BCUT2D eigenvalue weighted by molar-refractivity contribution is 5.69. The van der Waals surface area contributed by atoms with Crippen molar-refractivity contribution in [3.8, 4) is 0 Å². The van der Waals surface area contributed by atoms with Crippen LogP contribution in [0.2, 0.25) is 0 Å². The monoisotopic (exact) mass is 196 g/mol. The highest BCUT2D eigenvalue weighted by Crippen LogP contribution is 2.09. The summed E-state index contributed by atoms with van der Waals surface area (Å²) >= 11 is 0. The Kier molecular flexibility index (Phi) is 2.20. The summed E-state index contributed by atoms with van der Waals surface area (Å²) in [5.74, 6) is 0.807. The first-order valence-corrected chi connectivity index (χ1v) is 4.49. The maximum atomic E-state index is 10.5. The molecule has 2 rings (SSSR count). The summed E-state index contributed by atoms with van der Waals surface area (Å²) in [7, 11) is 0. The van der Waals surface area contributed by atoms with E-state index in [1.807, 2.05) is 16.5 Å². The first kappa shape index (κ1) is 9.14. The number of hydrogen-bond donors (Lipinski definition) is 1. The topological polar surface area (TPSA) is 71.2 Å². The third kappa shape index (κ3) is 1.74. The zero-order chi connectivity index (χ0) is 10.1. The minimum atomic E-state index is -0.797. The summed E-state index contributed by atoms with van der Waals surface area (Å²) in [6.45, 7) is 3.94. The van der Waals surface area contributed by atoms with Crippen molar-refractivity contribution in [2.45, 2.75) is 20.0 Å². The van der Waals surface area contributed by atoms with Crippen molar-refractivity contribution in [2.75, 3.05) is 13.1 Å². The number of carboxylic acid groups (broad SMARTS) is 1. The molecule has 0 aliphatic carbocycles. The Morgan fingerprint density at radius 1 is 1.57 bits per heavy atom. The Bertz CT molecular complexity index is 360. The first-order valence-electron chi connectivity index (χ1n) is 4.49. The average molecular weight is 196 g/mol. The van der Waals surface area contributed by atoms with Gasteiger partial charge in [0.25, 0.3) is 0 Å². The van der Waals surface area contributed by atoms with E-state index < -0.39 is 5.97 Å². The van der Waals surface area contributed by atoms with E-state index in [1.165, 1.54) is 0 Å². The molecule has 76 valence electrons. The second-order valence-corrected chi connectivity index (χ2v) is 3.40. The van der Waals surface area contributed by atoms with Crippen LogP contribution in [0.4, 0.5) is 0 Å². The number of fused-ring (bicyclic) bond motifs is 1. The van der Waals surface area contributed by atoms with Gasteiger partial charge in [0.05, 0.1) is 19.6 Å². The molecule has 1 aromatic rings. The number of aliphatic carboxylic acids is 1. The predicted octanol–water partition coefficient (Wildman–Crippen LogP) is -0.513. The molecule has 6 heteroatoms. The van der Waals surface area contributed by atoms with Gasteiger partial charge in [0.15, 0.2) is 0 Å². The van der Waals surface area contributed by atoms with E-state index in [1.54, 1.807) is 0 Å². The second kappa shape index (κ2) is 3.38. The van der Waals surface area contributed by atoms with Crippen LogP contribution < -0.4 is 0 Å². The number of rotatable bonds is 2. The fourth-order valence-electron chi connectivity index (χ4n) is 1.64. The maximum Gasteiger partial charge on any atom is 0.317 e. The molecule has 14 heavy (non-hydrogen) atoms. The Hall–Kier alpha value is -1.43. The highest BCUT2D eigenvalue weighted by Gasteiger charge is 2.20.